The molecule has 6 nitrogen and oxygen atoms in total. The van der Waals surface area contributed by atoms with Crippen LogP contribution >= 0.6 is 11.6 Å². The van der Waals surface area contributed by atoms with Crippen molar-refractivity contribution in [1.82, 2.24) is 0 Å². The lowest BCUT2D eigenvalue weighted by Gasteiger charge is -2.15. The van der Waals surface area contributed by atoms with Gasteiger partial charge in [-0.25, -0.2) is 13.2 Å². The van der Waals surface area contributed by atoms with Crippen molar-refractivity contribution in [2.45, 2.75) is 24.7 Å². The van der Waals surface area contributed by atoms with Crippen LogP contribution in [0.15, 0.2) is 47.4 Å². The number of hydrogen-bond acceptors (Lipinski definition) is 5. The van der Waals surface area contributed by atoms with E-state index < -0.39 is 16.0 Å². The summed E-state index contributed by atoms with van der Waals surface area (Å²) < 4.78 is 32.9. The van der Waals surface area contributed by atoms with Gasteiger partial charge in [0.15, 0.2) is 0 Å². The van der Waals surface area contributed by atoms with Gasteiger partial charge in [-0.2, -0.15) is 0 Å². The zero-order valence-corrected chi connectivity index (χ0v) is 16.2. The molecule has 2 N–H and O–H groups in total. The van der Waals surface area contributed by atoms with E-state index in [1.807, 2.05) is 6.92 Å². The summed E-state index contributed by atoms with van der Waals surface area (Å²) in [5.41, 5.74) is 0.954. The Labute approximate surface area is 158 Å². The number of anilines is 2. The van der Waals surface area contributed by atoms with Gasteiger partial charge in [-0.3, -0.25) is 4.72 Å². The molecule has 0 radical (unpaired) electrons. The highest BCUT2D eigenvalue weighted by atomic mass is 35.5. The molecule has 0 unspecified atom stereocenters. The number of methoxy groups -OCH3 is 1. The van der Waals surface area contributed by atoms with Crippen LogP contribution in [0.25, 0.3) is 0 Å². The molecule has 0 spiro atoms. The van der Waals surface area contributed by atoms with Crippen LogP contribution in [-0.4, -0.2) is 28.0 Å². The first kappa shape index (κ1) is 20.1. The van der Waals surface area contributed by atoms with E-state index in [2.05, 4.69) is 14.8 Å². The Kier molecular flexibility index (Phi) is 6.88. The quantitative estimate of drug-likeness (QED) is 0.517. The molecule has 0 fully saturated rings. The predicted octanol–water partition coefficient (Wildman–Crippen LogP) is 4.14. The molecule has 0 bridgehead atoms. The summed E-state index contributed by atoms with van der Waals surface area (Å²) in [6, 6.07) is 10.7. The van der Waals surface area contributed by atoms with E-state index in [1.165, 1.54) is 19.2 Å². The first-order valence-electron chi connectivity index (χ1n) is 8.12. The predicted molar refractivity (Wildman–Crippen MR) is 103 cm³/mol. The van der Waals surface area contributed by atoms with Crippen LogP contribution in [0.3, 0.4) is 0 Å². The van der Waals surface area contributed by atoms with Crippen LogP contribution in [0.1, 0.15) is 30.1 Å². The van der Waals surface area contributed by atoms with E-state index in [-0.39, 0.29) is 10.5 Å². The fraction of sp³-hybridized carbons (Fsp3) is 0.278. The first-order chi connectivity index (χ1) is 12.4. The zero-order valence-electron chi connectivity index (χ0n) is 14.6. The van der Waals surface area contributed by atoms with Crippen molar-refractivity contribution in [2.75, 3.05) is 23.7 Å². The minimum absolute atomic E-state index is 0.0218. The summed E-state index contributed by atoms with van der Waals surface area (Å²) in [7, 11) is -2.68. The van der Waals surface area contributed by atoms with Gasteiger partial charge in [-0.1, -0.05) is 24.9 Å². The lowest BCUT2D eigenvalue weighted by atomic mass is 10.2. The number of esters is 1. The zero-order chi connectivity index (χ0) is 19.2. The van der Waals surface area contributed by atoms with Crippen molar-refractivity contribution >= 4 is 39.0 Å². The van der Waals surface area contributed by atoms with Crippen LogP contribution in [0.4, 0.5) is 11.4 Å². The molecule has 0 amide bonds. The molecule has 0 saturated heterocycles. The number of benzene rings is 2. The van der Waals surface area contributed by atoms with Gasteiger partial charge < -0.3 is 10.1 Å². The second-order valence-corrected chi connectivity index (χ2v) is 7.68. The lowest BCUT2D eigenvalue weighted by molar-refractivity contribution is 0.0600. The van der Waals surface area contributed by atoms with Crippen molar-refractivity contribution in [1.29, 1.82) is 0 Å². The number of carbonyl (C=O) groups excluding carboxylic acids is 1. The van der Waals surface area contributed by atoms with E-state index in [9.17, 15) is 13.2 Å². The maximum absolute atomic E-state index is 12.9. The summed E-state index contributed by atoms with van der Waals surface area (Å²) in [6.07, 6.45) is 1.86. The molecule has 26 heavy (non-hydrogen) atoms. The highest BCUT2D eigenvalue weighted by Gasteiger charge is 2.21. The molecule has 0 saturated carbocycles. The van der Waals surface area contributed by atoms with Crippen LogP contribution in [0.2, 0.25) is 5.02 Å². The Morgan fingerprint density at radius 3 is 2.46 bits per heavy atom. The molecule has 0 aliphatic heterocycles. The molecule has 8 heteroatoms. The average molecular weight is 397 g/mol. The highest BCUT2D eigenvalue weighted by Crippen LogP contribution is 2.26. The van der Waals surface area contributed by atoms with Gasteiger partial charge in [0.25, 0.3) is 10.0 Å². The number of unbranched alkanes of at least 4 members (excludes halogenated alkanes) is 1. The number of nitrogens with one attached hydrogen (secondary N) is 2. The molecule has 0 aliphatic carbocycles. The summed E-state index contributed by atoms with van der Waals surface area (Å²) >= 11 is 5.83. The number of halogens is 1. The average Bonchev–Trinajstić information content (AvgIpc) is 2.63. The summed E-state index contributed by atoms with van der Waals surface area (Å²) in [5, 5.41) is 3.61. The molecular formula is C18H21ClN2O4S. The van der Waals surface area contributed by atoms with Gasteiger partial charge in [0.1, 0.15) is 4.90 Å². The molecule has 0 aliphatic rings. The van der Waals surface area contributed by atoms with Gasteiger partial charge in [0.2, 0.25) is 0 Å². The molecule has 0 aromatic heterocycles. The van der Waals surface area contributed by atoms with E-state index in [0.717, 1.165) is 12.8 Å². The van der Waals surface area contributed by atoms with E-state index in [1.54, 1.807) is 30.3 Å². The molecule has 140 valence electrons. The molecule has 2 rings (SSSR count). The summed E-state index contributed by atoms with van der Waals surface area (Å²) in [4.78, 5) is 11.8. The Bertz CT molecular complexity index is 867. The number of carbonyl (C=O) groups is 1. The van der Waals surface area contributed by atoms with Gasteiger partial charge in [-0.05, 0) is 48.9 Å². The molecule has 0 atom stereocenters. The van der Waals surface area contributed by atoms with Gasteiger partial charge in [-0.15, -0.1) is 0 Å². The van der Waals surface area contributed by atoms with Gasteiger partial charge in [0, 0.05) is 17.3 Å². The lowest BCUT2D eigenvalue weighted by Crippen LogP contribution is -2.17. The van der Waals surface area contributed by atoms with Crippen LogP contribution in [-0.2, 0) is 14.8 Å². The van der Waals surface area contributed by atoms with Crippen LogP contribution < -0.4 is 10.0 Å². The Morgan fingerprint density at radius 2 is 1.85 bits per heavy atom. The van der Waals surface area contributed by atoms with E-state index in [0.29, 0.717) is 22.9 Å². The van der Waals surface area contributed by atoms with Gasteiger partial charge >= 0.3 is 5.97 Å². The van der Waals surface area contributed by atoms with Crippen molar-refractivity contribution in [2.24, 2.45) is 0 Å². The highest BCUT2D eigenvalue weighted by molar-refractivity contribution is 7.92. The normalized spacial score (nSPS) is 11.0. The monoisotopic (exact) mass is 396 g/mol. The smallest absolute Gasteiger partial charge is 0.337 e. The van der Waals surface area contributed by atoms with Crippen molar-refractivity contribution in [3.05, 3.63) is 53.1 Å². The Hall–Kier alpha value is -2.25. The fourth-order valence-corrected chi connectivity index (χ4v) is 3.66. The SMILES string of the molecule is CCCCNc1ccc(C(=O)OC)cc1S(=O)(=O)Nc1ccc(Cl)cc1. The third kappa shape index (κ3) is 5.12. The molecular weight excluding hydrogens is 376 g/mol. The maximum Gasteiger partial charge on any atom is 0.337 e. The van der Waals surface area contributed by atoms with Crippen LogP contribution in [0.5, 0.6) is 0 Å². The van der Waals surface area contributed by atoms with Crippen molar-refractivity contribution < 1.29 is 17.9 Å². The third-order valence-corrected chi connectivity index (χ3v) is 5.31. The number of ether oxygens (including phenoxy) is 1. The van der Waals surface area contributed by atoms with E-state index in [4.69, 9.17) is 11.6 Å². The number of hydrogen-bond donors (Lipinski definition) is 2. The summed E-state index contributed by atoms with van der Waals surface area (Å²) in [6.45, 7) is 2.67. The minimum Gasteiger partial charge on any atom is -0.465 e. The summed E-state index contributed by atoms with van der Waals surface area (Å²) in [5.74, 6) is -0.604. The van der Waals surface area contributed by atoms with Crippen molar-refractivity contribution in [3.8, 4) is 0 Å². The molecule has 2 aromatic rings. The maximum atomic E-state index is 12.9. The Balaban J connectivity index is 2.40. The number of sulfonamides is 1. The van der Waals surface area contributed by atoms with Gasteiger partial charge in [0.05, 0.1) is 18.4 Å². The molecule has 0 heterocycles. The number of rotatable bonds is 8. The molecule has 2 aromatic carbocycles. The van der Waals surface area contributed by atoms with E-state index >= 15 is 0 Å². The second kappa shape index (κ2) is 8.91. The van der Waals surface area contributed by atoms with Crippen molar-refractivity contribution in [3.63, 3.8) is 0 Å². The second-order valence-electron chi connectivity index (χ2n) is 5.60. The largest absolute Gasteiger partial charge is 0.465 e. The standard InChI is InChI=1S/C18H21ClN2O4S/c1-3-4-11-20-16-10-5-13(18(22)25-2)12-17(16)26(23,24)21-15-8-6-14(19)7-9-15/h5-10,12,20-21H,3-4,11H2,1-2H3. The first-order valence-corrected chi connectivity index (χ1v) is 9.98. The van der Waals surface area contributed by atoms with Crippen LogP contribution in [0, 0.1) is 0 Å². The third-order valence-electron chi connectivity index (χ3n) is 3.63. The topological polar surface area (TPSA) is 84.5 Å². The fourth-order valence-electron chi connectivity index (χ4n) is 2.26. The minimum atomic E-state index is -3.92. The Morgan fingerprint density at radius 1 is 1.15 bits per heavy atom.